The van der Waals surface area contributed by atoms with Gasteiger partial charge in [0.25, 0.3) is 0 Å². The minimum atomic E-state index is 0.614. The van der Waals surface area contributed by atoms with Crippen molar-refractivity contribution < 1.29 is 0 Å². The Kier molecular flexibility index (Phi) is 5.66. The van der Waals surface area contributed by atoms with E-state index in [2.05, 4.69) is 15.1 Å². The fourth-order valence-corrected chi connectivity index (χ4v) is 11.4. The molecule has 8 aliphatic rings. The lowest BCUT2D eigenvalue weighted by Crippen LogP contribution is -2.55. The molecule has 0 spiro atoms. The highest BCUT2D eigenvalue weighted by molar-refractivity contribution is 5.86. The van der Waals surface area contributed by atoms with Gasteiger partial charge < -0.3 is 15.1 Å². The third-order valence-electron chi connectivity index (χ3n) is 12.6. The van der Waals surface area contributed by atoms with Crippen LogP contribution in [0.1, 0.15) is 122 Å². The van der Waals surface area contributed by atoms with Crippen molar-refractivity contribution in [3.63, 3.8) is 0 Å². The lowest BCUT2D eigenvalue weighted by Gasteiger charge is -2.50. The van der Waals surface area contributed by atoms with E-state index in [4.69, 9.17) is 4.99 Å². The fourth-order valence-electron chi connectivity index (χ4n) is 11.4. The molecule has 0 radical (unpaired) electrons. The van der Waals surface area contributed by atoms with Crippen molar-refractivity contribution in [2.45, 2.75) is 164 Å². The SMILES string of the molecule is C1CCC(N2C3=NC4CCCCC4N3C3C(C4CCCC5NC6CCCCC6C54)CCCC32)CC1. The second-order valence-electron chi connectivity index (χ2n) is 14.1. The van der Waals surface area contributed by atoms with Gasteiger partial charge in [-0.3, -0.25) is 0 Å². The minimum absolute atomic E-state index is 0.614. The number of aliphatic imine (C=N–C) groups is 1. The molecule has 2 saturated heterocycles. The van der Waals surface area contributed by atoms with Gasteiger partial charge in [-0.1, -0.05) is 57.8 Å². The van der Waals surface area contributed by atoms with E-state index < -0.39 is 0 Å². The summed E-state index contributed by atoms with van der Waals surface area (Å²) in [6.45, 7) is 0. The summed E-state index contributed by atoms with van der Waals surface area (Å²) in [5.74, 6) is 5.38. The van der Waals surface area contributed by atoms with Crippen LogP contribution in [-0.2, 0) is 0 Å². The van der Waals surface area contributed by atoms with Crippen molar-refractivity contribution in [3.05, 3.63) is 0 Å². The molecule has 0 aromatic heterocycles. The van der Waals surface area contributed by atoms with Crippen LogP contribution in [-0.4, -0.2) is 58.1 Å². The molecule has 10 unspecified atom stereocenters. The Morgan fingerprint density at radius 2 is 1.23 bits per heavy atom. The number of guanidine groups is 1. The maximum atomic E-state index is 5.62. The largest absolute Gasteiger partial charge is 0.335 e. The van der Waals surface area contributed by atoms with Crippen molar-refractivity contribution in [3.8, 4) is 0 Å². The van der Waals surface area contributed by atoms with Gasteiger partial charge in [0.05, 0.1) is 24.2 Å². The third kappa shape index (κ3) is 3.43. The topological polar surface area (TPSA) is 30.9 Å². The van der Waals surface area contributed by atoms with E-state index in [9.17, 15) is 0 Å². The Labute approximate surface area is 214 Å². The first-order valence-corrected chi connectivity index (χ1v) is 16.3. The Hall–Kier alpha value is -0.770. The normalized spacial score (nSPS) is 49.7. The summed E-state index contributed by atoms with van der Waals surface area (Å²) in [4.78, 5) is 11.7. The molecular formula is C31H50N4. The van der Waals surface area contributed by atoms with Crippen LogP contribution in [0, 0.1) is 23.7 Å². The zero-order valence-electron chi connectivity index (χ0n) is 22.1. The summed E-state index contributed by atoms with van der Waals surface area (Å²) >= 11 is 0. The summed E-state index contributed by atoms with van der Waals surface area (Å²) in [5, 5.41) is 4.23. The van der Waals surface area contributed by atoms with Crippen molar-refractivity contribution in [1.29, 1.82) is 0 Å². The Balaban J connectivity index is 1.15. The van der Waals surface area contributed by atoms with E-state index in [1.54, 1.807) is 0 Å². The molecule has 4 heteroatoms. The molecule has 4 nitrogen and oxygen atoms in total. The molecule has 1 N–H and O–H groups in total. The maximum Gasteiger partial charge on any atom is 0.198 e. The van der Waals surface area contributed by atoms with Crippen LogP contribution in [0.25, 0.3) is 0 Å². The lowest BCUT2D eigenvalue weighted by atomic mass is 9.60. The van der Waals surface area contributed by atoms with Gasteiger partial charge in [-0.2, -0.15) is 0 Å². The average Bonchev–Trinajstić information content (AvgIpc) is 3.57. The predicted octanol–water partition coefficient (Wildman–Crippen LogP) is 6.10. The summed E-state index contributed by atoms with van der Waals surface area (Å²) in [6.07, 6.45) is 27.7. The molecule has 3 heterocycles. The lowest BCUT2D eigenvalue weighted by molar-refractivity contribution is 0.0120. The summed E-state index contributed by atoms with van der Waals surface area (Å²) in [6, 6.07) is 5.39. The van der Waals surface area contributed by atoms with E-state index in [1.165, 1.54) is 128 Å². The highest BCUT2D eigenvalue weighted by atomic mass is 15.5. The van der Waals surface area contributed by atoms with E-state index in [1.807, 2.05) is 0 Å². The standard InChI is InChI=1S/C31H50N4/c1-2-10-20(11-3-1)34-28-19-9-14-22(30(28)35-27-18-7-6-16-25(27)33-31(34)35)21-13-8-17-26-29(21)23-12-4-5-15-24(23)32-26/h20-30,32H,1-19H2. The number of nitrogens with zero attached hydrogens (tertiary/aromatic N) is 3. The molecule has 7 fully saturated rings. The number of rotatable bonds is 2. The van der Waals surface area contributed by atoms with Crippen molar-refractivity contribution in [1.82, 2.24) is 15.1 Å². The van der Waals surface area contributed by atoms with Gasteiger partial charge in [0.2, 0.25) is 0 Å². The van der Waals surface area contributed by atoms with Crippen LogP contribution in [0.5, 0.6) is 0 Å². The Morgan fingerprint density at radius 3 is 2.17 bits per heavy atom. The van der Waals surface area contributed by atoms with Crippen molar-refractivity contribution in [2.75, 3.05) is 0 Å². The van der Waals surface area contributed by atoms with E-state index in [-0.39, 0.29) is 0 Å². The number of nitrogens with one attached hydrogen (secondary N) is 1. The predicted molar refractivity (Wildman–Crippen MR) is 142 cm³/mol. The van der Waals surface area contributed by atoms with Crippen LogP contribution >= 0.6 is 0 Å². The summed E-state index contributed by atoms with van der Waals surface area (Å²) in [7, 11) is 0. The summed E-state index contributed by atoms with van der Waals surface area (Å²) in [5.41, 5.74) is 0. The van der Waals surface area contributed by atoms with Crippen LogP contribution < -0.4 is 5.32 Å². The molecular weight excluding hydrogens is 428 g/mol. The first-order valence-electron chi connectivity index (χ1n) is 16.3. The molecule has 194 valence electrons. The van der Waals surface area contributed by atoms with Crippen LogP contribution in [0.2, 0.25) is 0 Å². The first kappa shape index (κ1) is 22.2. The van der Waals surface area contributed by atoms with E-state index >= 15 is 0 Å². The average molecular weight is 479 g/mol. The zero-order chi connectivity index (χ0) is 22.9. The molecule has 8 rings (SSSR count). The van der Waals surface area contributed by atoms with Gasteiger partial charge in [-0.25, -0.2) is 4.99 Å². The van der Waals surface area contributed by atoms with Crippen LogP contribution in [0.3, 0.4) is 0 Å². The van der Waals surface area contributed by atoms with Gasteiger partial charge in [-0.15, -0.1) is 0 Å². The van der Waals surface area contributed by atoms with Gasteiger partial charge >= 0.3 is 0 Å². The molecule has 0 bridgehead atoms. The Morgan fingerprint density at radius 1 is 0.543 bits per heavy atom. The molecule has 5 aliphatic carbocycles. The minimum Gasteiger partial charge on any atom is -0.335 e. The highest BCUT2D eigenvalue weighted by Crippen LogP contribution is 2.55. The molecule has 35 heavy (non-hydrogen) atoms. The number of hydrogen-bond donors (Lipinski definition) is 1. The Bertz CT molecular complexity index is 819. The second-order valence-corrected chi connectivity index (χ2v) is 14.1. The molecule has 0 amide bonds. The van der Waals surface area contributed by atoms with Gasteiger partial charge in [-0.05, 0) is 87.9 Å². The number of hydrogen-bond acceptors (Lipinski definition) is 4. The molecule has 5 saturated carbocycles. The molecule has 10 atom stereocenters. The smallest absolute Gasteiger partial charge is 0.198 e. The van der Waals surface area contributed by atoms with Gasteiger partial charge in [0.1, 0.15) is 0 Å². The zero-order valence-corrected chi connectivity index (χ0v) is 22.1. The quantitative estimate of drug-likeness (QED) is 0.520. The number of fused-ring (bicyclic) bond motifs is 8. The van der Waals surface area contributed by atoms with E-state index in [0.717, 1.165) is 59.9 Å². The summed E-state index contributed by atoms with van der Waals surface area (Å²) < 4.78 is 0. The van der Waals surface area contributed by atoms with Crippen molar-refractivity contribution >= 4 is 5.96 Å². The molecule has 0 aromatic rings. The second kappa shape index (κ2) is 8.91. The van der Waals surface area contributed by atoms with Crippen LogP contribution in [0.4, 0.5) is 0 Å². The van der Waals surface area contributed by atoms with Gasteiger partial charge in [0, 0.05) is 18.1 Å². The fraction of sp³-hybridized carbons (Fsp3) is 0.968. The van der Waals surface area contributed by atoms with E-state index in [0.29, 0.717) is 6.04 Å². The van der Waals surface area contributed by atoms with Gasteiger partial charge in [0.15, 0.2) is 5.96 Å². The maximum absolute atomic E-state index is 5.62. The van der Waals surface area contributed by atoms with Crippen molar-refractivity contribution in [2.24, 2.45) is 28.7 Å². The monoisotopic (exact) mass is 478 g/mol. The molecule has 3 aliphatic heterocycles. The highest BCUT2D eigenvalue weighted by Gasteiger charge is 2.60. The van der Waals surface area contributed by atoms with Crippen LogP contribution in [0.15, 0.2) is 4.99 Å². The third-order valence-corrected chi connectivity index (χ3v) is 12.6. The first-order chi connectivity index (χ1) is 17.4. The molecule has 0 aromatic carbocycles.